The SMILES string of the molecule is CCNC(=O)C(C)N(Cc1ccc(Cl)cc1)C(=O)CSCc1ccccc1. The molecule has 0 heterocycles. The Hall–Kier alpha value is -1.98. The molecule has 2 amide bonds. The number of rotatable bonds is 9. The number of carbonyl (C=O) groups excluding carboxylic acids is 2. The van der Waals surface area contributed by atoms with Gasteiger partial charge in [0.2, 0.25) is 11.8 Å². The first-order valence-corrected chi connectivity index (χ1v) is 10.5. The van der Waals surface area contributed by atoms with Crippen molar-refractivity contribution < 1.29 is 9.59 Å². The summed E-state index contributed by atoms with van der Waals surface area (Å²) in [5.41, 5.74) is 2.12. The quantitative estimate of drug-likeness (QED) is 0.683. The lowest BCUT2D eigenvalue weighted by Gasteiger charge is -2.28. The van der Waals surface area contributed by atoms with E-state index in [4.69, 9.17) is 11.6 Å². The van der Waals surface area contributed by atoms with E-state index in [0.29, 0.717) is 23.9 Å². The van der Waals surface area contributed by atoms with Crippen LogP contribution in [0.15, 0.2) is 54.6 Å². The predicted octanol–water partition coefficient (Wildman–Crippen LogP) is 4.13. The monoisotopic (exact) mass is 404 g/mol. The molecule has 0 fully saturated rings. The average molecular weight is 405 g/mol. The van der Waals surface area contributed by atoms with Gasteiger partial charge in [0.1, 0.15) is 6.04 Å². The number of likely N-dealkylation sites (N-methyl/N-ethyl adjacent to an activating group) is 1. The molecule has 4 nitrogen and oxygen atoms in total. The highest BCUT2D eigenvalue weighted by molar-refractivity contribution is 7.99. The van der Waals surface area contributed by atoms with E-state index in [1.165, 1.54) is 5.56 Å². The van der Waals surface area contributed by atoms with E-state index in [0.717, 1.165) is 11.3 Å². The number of hydrogen-bond acceptors (Lipinski definition) is 3. The fraction of sp³-hybridized carbons (Fsp3) is 0.333. The van der Waals surface area contributed by atoms with Crippen molar-refractivity contribution in [3.8, 4) is 0 Å². The largest absolute Gasteiger partial charge is 0.355 e. The Morgan fingerprint density at radius 3 is 2.37 bits per heavy atom. The Morgan fingerprint density at radius 2 is 1.74 bits per heavy atom. The summed E-state index contributed by atoms with van der Waals surface area (Å²) in [7, 11) is 0. The van der Waals surface area contributed by atoms with E-state index in [-0.39, 0.29) is 11.8 Å². The number of hydrogen-bond donors (Lipinski definition) is 1. The molecule has 0 saturated carbocycles. The third-order valence-electron chi connectivity index (χ3n) is 4.12. The van der Waals surface area contributed by atoms with Crippen molar-refractivity contribution in [1.82, 2.24) is 10.2 Å². The molecule has 2 aromatic carbocycles. The second-order valence-electron chi connectivity index (χ2n) is 6.20. The lowest BCUT2D eigenvalue weighted by molar-refractivity contribution is -0.138. The van der Waals surface area contributed by atoms with Crippen LogP contribution in [0.2, 0.25) is 5.02 Å². The molecule has 0 bridgehead atoms. The third-order valence-corrected chi connectivity index (χ3v) is 5.36. The fourth-order valence-electron chi connectivity index (χ4n) is 2.60. The average Bonchev–Trinajstić information content (AvgIpc) is 2.68. The lowest BCUT2D eigenvalue weighted by Crippen LogP contribution is -2.48. The van der Waals surface area contributed by atoms with Gasteiger partial charge in [0.25, 0.3) is 0 Å². The molecule has 6 heteroatoms. The van der Waals surface area contributed by atoms with Gasteiger partial charge in [-0.3, -0.25) is 9.59 Å². The van der Waals surface area contributed by atoms with Crippen molar-refractivity contribution in [2.75, 3.05) is 12.3 Å². The summed E-state index contributed by atoms with van der Waals surface area (Å²) in [5, 5.41) is 3.44. The van der Waals surface area contributed by atoms with Gasteiger partial charge in [0, 0.05) is 23.9 Å². The van der Waals surface area contributed by atoms with Crippen LogP contribution in [0.3, 0.4) is 0 Å². The van der Waals surface area contributed by atoms with Crippen molar-refractivity contribution in [3.63, 3.8) is 0 Å². The molecule has 0 aliphatic rings. The zero-order valence-electron chi connectivity index (χ0n) is 15.7. The maximum atomic E-state index is 12.9. The van der Waals surface area contributed by atoms with Crippen molar-refractivity contribution in [3.05, 3.63) is 70.7 Å². The van der Waals surface area contributed by atoms with Crippen LogP contribution in [0, 0.1) is 0 Å². The zero-order valence-corrected chi connectivity index (χ0v) is 17.2. The normalized spacial score (nSPS) is 11.7. The highest BCUT2D eigenvalue weighted by Crippen LogP contribution is 2.17. The van der Waals surface area contributed by atoms with E-state index in [2.05, 4.69) is 5.32 Å². The van der Waals surface area contributed by atoms with Crippen LogP contribution in [0.5, 0.6) is 0 Å². The summed E-state index contributed by atoms with van der Waals surface area (Å²) in [6.07, 6.45) is 0. The maximum absolute atomic E-state index is 12.9. The van der Waals surface area contributed by atoms with Gasteiger partial charge in [-0.15, -0.1) is 11.8 Å². The number of halogens is 1. The molecule has 0 radical (unpaired) electrons. The van der Waals surface area contributed by atoms with Crippen LogP contribution in [-0.2, 0) is 21.9 Å². The van der Waals surface area contributed by atoms with Gasteiger partial charge in [0.15, 0.2) is 0 Å². The molecule has 2 aromatic rings. The van der Waals surface area contributed by atoms with Gasteiger partial charge >= 0.3 is 0 Å². The van der Waals surface area contributed by atoms with Gasteiger partial charge in [-0.25, -0.2) is 0 Å². The molecular formula is C21H25ClN2O2S. The minimum absolute atomic E-state index is 0.0513. The molecule has 0 aliphatic heterocycles. The summed E-state index contributed by atoms with van der Waals surface area (Å²) in [6, 6.07) is 16.8. The highest BCUT2D eigenvalue weighted by atomic mass is 35.5. The number of carbonyl (C=O) groups is 2. The number of thioether (sulfide) groups is 1. The van der Waals surface area contributed by atoms with Gasteiger partial charge in [-0.1, -0.05) is 54.1 Å². The molecule has 1 atom stereocenters. The predicted molar refractivity (Wildman–Crippen MR) is 113 cm³/mol. The second-order valence-corrected chi connectivity index (χ2v) is 7.62. The number of amides is 2. The van der Waals surface area contributed by atoms with Gasteiger partial charge in [-0.05, 0) is 37.1 Å². The van der Waals surface area contributed by atoms with Crippen molar-refractivity contribution in [2.45, 2.75) is 32.2 Å². The molecular weight excluding hydrogens is 380 g/mol. The molecule has 1 N–H and O–H groups in total. The molecule has 1 unspecified atom stereocenters. The molecule has 0 saturated heterocycles. The number of nitrogens with one attached hydrogen (secondary N) is 1. The first-order valence-electron chi connectivity index (χ1n) is 8.94. The number of nitrogens with zero attached hydrogens (tertiary/aromatic N) is 1. The lowest BCUT2D eigenvalue weighted by atomic mass is 10.1. The molecule has 0 aromatic heterocycles. The third kappa shape index (κ3) is 6.92. The standard InChI is InChI=1S/C21H25ClN2O2S/c1-3-23-21(26)16(2)24(13-17-9-11-19(22)12-10-17)20(25)15-27-14-18-7-5-4-6-8-18/h4-12,16H,3,13-15H2,1-2H3,(H,23,26). The van der Waals surface area contributed by atoms with Crippen LogP contribution in [0.1, 0.15) is 25.0 Å². The summed E-state index contributed by atoms with van der Waals surface area (Å²) >= 11 is 7.50. The number of benzene rings is 2. The van der Waals surface area contributed by atoms with Crippen LogP contribution in [0.4, 0.5) is 0 Å². The van der Waals surface area contributed by atoms with Crippen molar-refractivity contribution in [1.29, 1.82) is 0 Å². The van der Waals surface area contributed by atoms with Crippen LogP contribution < -0.4 is 5.32 Å². The highest BCUT2D eigenvalue weighted by Gasteiger charge is 2.25. The topological polar surface area (TPSA) is 49.4 Å². The van der Waals surface area contributed by atoms with Gasteiger partial charge in [0.05, 0.1) is 5.75 Å². The molecule has 0 spiro atoms. The maximum Gasteiger partial charge on any atom is 0.242 e. The smallest absolute Gasteiger partial charge is 0.242 e. The van der Waals surface area contributed by atoms with E-state index in [1.54, 1.807) is 35.7 Å². The summed E-state index contributed by atoms with van der Waals surface area (Å²) in [4.78, 5) is 26.8. The Morgan fingerprint density at radius 1 is 1.07 bits per heavy atom. The second kappa shape index (κ2) is 11.0. The van der Waals surface area contributed by atoms with Crippen molar-refractivity contribution in [2.24, 2.45) is 0 Å². The van der Waals surface area contributed by atoms with Gasteiger partial charge < -0.3 is 10.2 Å². The van der Waals surface area contributed by atoms with Gasteiger partial charge in [-0.2, -0.15) is 0 Å². The Kier molecular flexibility index (Phi) is 8.69. The Balaban J connectivity index is 2.03. The Labute approximate surface area is 170 Å². The van der Waals surface area contributed by atoms with Crippen molar-refractivity contribution >= 4 is 35.2 Å². The van der Waals surface area contributed by atoms with Crippen LogP contribution >= 0.6 is 23.4 Å². The molecule has 0 aliphatic carbocycles. The molecule has 27 heavy (non-hydrogen) atoms. The van der Waals surface area contributed by atoms with Crippen LogP contribution in [0.25, 0.3) is 0 Å². The minimum Gasteiger partial charge on any atom is -0.355 e. The zero-order chi connectivity index (χ0) is 19.6. The first kappa shape index (κ1) is 21.3. The minimum atomic E-state index is -0.537. The summed E-state index contributed by atoms with van der Waals surface area (Å²) in [5.74, 6) is 0.890. The molecule has 2 rings (SSSR count). The van der Waals surface area contributed by atoms with E-state index >= 15 is 0 Å². The molecule has 144 valence electrons. The Bertz CT molecular complexity index is 738. The van der Waals surface area contributed by atoms with E-state index in [1.807, 2.05) is 49.4 Å². The summed E-state index contributed by atoms with van der Waals surface area (Å²) in [6.45, 7) is 4.54. The van der Waals surface area contributed by atoms with Crippen LogP contribution in [-0.4, -0.2) is 35.1 Å². The fourth-order valence-corrected chi connectivity index (χ4v) is 3.60. The first-order chi connectivity index (χ1) is 13.0. The van der Waals surface area contributed by atoms with E-state index < -0.39 is 6.04 Å². The summed E-state index contributed by atoms with van der Waals surface area (Å²) < 4.78 is 0. The van der Waals surface area contributed by atoms with E-state index in [9.17, 15) is 9.59 Å².